The van der Waals surface area contributed by atoms with Crippen LogP contribution in [0.15, 0.2) is 24.3 Å². The lowest BCUT2D eigenvalue weighted by atomic mass is 9.92. The van der Waals surface area contributed by atoms with E-state index >= 15 is 0 Å². The van der Waals surface area contributed by atoms with E-state index in [-0.39, 0.29) is 17.7 Å². The minimum Gasteiger partial charge on any atom is -0.480 e. The molecule has 1 aliphatic rings. The van der Waals surface area contributed by atoms with Crippen LogP contribution >= 0.6 is 0 Å². The van der Waals surface area contributed by atoms with Gasteiger partial charge in [-0.05, 0) is 30.4 Å². The fraction of sp³-hybridized carbons (Fsp3) is 0.500. The number of carboxylic acid groups (broad SMARTS) is 1. The molecule has 114 valence electrons. The second kappa shape index (κ2) is 6.61. The smallest absolute Gasteiger partial charge is 0.326 e. The van der Waals surface area contributed by atoms with Gasteiger partial charge in [0.25, 0.3) is 0 Å². The average molecular weight is 290 g/mol. The standard InChI is InChI=1S/C16H22N2O3/c1-10(2)7-14(16(20)21)18-15(19)12-8-11-5-3-4-6-13(11)17-9-12/h3-6,10,12,14,17H,7-9H2,1-2H3,(H,18,19)(H,20,21)/t12?,14-/m1/s1. The Balaban J connectivity index is 1.99. The molecule has 21 heavy (non-hydrogen) atoms. The van der Waals surface area contributed by atoms with Crippen molar-refractivity contribution in [3.05, 3.63) is 29.8 Å². The zero-order chi connectivity index (χ0) is 15.4. The normalized spacial score (nSPS) is 18.5. The highest BCUT2D eigenvalue weighted by molar-refractivity contribution is 5.86. The van der Waals surface area contributed by atoms with Gasteiger partial charge in [-0.2, -0.15) is 0 Å². The number of hydrogen-bond donors (Lipinski definition) is 3. The van der Waals surface area contributed by atoms with Crippen LogP contribution in [0.2, 0.25) is 0 Å². The van der Waals surface area contributed by atoms with E-state index in [2.05, 4.69) is 10.6 Å². The number of carbonyl (C=O) groups is 2. The maximum atomic E-state index is 12.3. The van der Waals surface area contributed by atoms with E-state index in [0.717, 1.165) is 11.3 Å². The number of amides is 1. The summed E-state index contributed by atoms with van der Waals surface area (Å²) >= 11 is 0. The van der Waals surface area contributed by atoms with Crippen LogP contribution in [-0.2, 0) is 16.0 Å². The Hall–Kier alpha value is -2.04. The van der Waals surface area contributed by atoms with Crippen LogP contribution in [-0.4, -0.2) is 29.6 Å². The van der Waals surface area contributed by atoms with Crippen LogP contribution in [0.3, 0.4) is 0 Å². The quantitative estimate of drug-likeness (QED) is 0.774. The Bertz CT molecular complexity index is 528. The molecule has 2 rings (SSSR count). The Morgan fingerprint density at radius 3 is 2.76 bits per heavy atom. The molecule has 0 saturated carbocycles. The molecule has 0 radical (unpaired) electrons. The molecule has 5 nitrogen and oxygen atoms in total. The van der Waals surface area contributed by atoms with Crippen molar-refractivity contribution in [3.8, 4) is 0 Å². The molecule has 0 saturated heterocycles. The van der Waals surface area contributed by atoms with Crippen LogP contribution in [0.1, 0.15) is 25.8 Å². The molecule has 3 N–H and O–H groups in total. The lowest BCUT2D eigenvalue weighted by Crippen LogP contribution is -2.47. The van der Waals surface area contributed by atoms with Crippen LogP contribution in [0, 0.1) is 11.8 Å². The zero-order valence-electron chi connectivity index (χ0n) is 12.4. The Morgan fingerprint density at radius 2 is 2.10 bits per heavy atom. The van der Waals surface area contributed by atoms with Gasteiger partial charge >= 0.3 is 5.97 Å². The lowest BCUT2D eigenvalue weighted by molar-refractivity contribution is -0.142. The molecule has 0 spiro atoms. The number of benzene rings is 1. The van der Waals surface area contributed by atoms with Crippen LogP contribution < -0.4 is 10.6 Å². The first-order valence-electron chi connectivity index (χ1n) is 7.32. The summed E-state index contributed by atoms with van der Waals surface area (Å²) in [6.45, 7) is 4.43. The second-order valence-corrected chi connectivity index (χ2v) is 5.97. The molecule has 0 aliphatic carbocycles. The van der Waals surface area contributed by atoms with Gasteiger partial charge in [-0.15, -0.1) is 0 Å². The highest BCUT2D eigenvalue weighted by Crippen LogP contribution is 2.24. The summed E-state index contributed by atoms with van der Waals surface area (Å²) in [5, 5.41) is 15.1. The van der Waals surface area contributed by atoms with E-state index in [1.807, 2.05) is 38.1 Å². The fourth-order valence-electron chi connectivity index (χ4n) is 2.61. The lowest BCUT2D eigenvalue weighted by Gasteiger charge is -2.27. The fourth-order valence-corrected chi connectivity index (χ4v) is 2.61. The van der Waals surface area contributed by atoms with E-state index in [0.29, 0.717) is 19.4 Å². The summed E-state index contributed by atoms with van der Waals surface area (Å²) in [6, 6.07) is 7.07. The molecule has 1 aromatic rings. The molecule has 1 unspecified atom stereocenters. The number of nitrogens with one attached hydrogen (secondary N) is 2. The minimum absolute atomic E-state index is 0.190. The third kappa shape index (κ3) is 3.97. The van der Waals surface area contributed by atoms with Crippen molar-refractivity contribution in [1.82, 2.24) is 5.32 Å². The number of anilines is 1. The van der Waals surface area contributed by atoms with E-state index in [9.17, 15) is 14.7 Å². The van der Waals surface area contributed by atoms with Crippen molar-refractivity contribution in [2.45, 2.75) is 32.7 Å². The predicted octanol–water partition coefficient (Wildman–Crippen LogP) is 1.89. The van der Waals surface area contributed by atoms with Crippen molar-refractivity contribution in [3.63, 3.8) is 0 Å². The molecular weight excluding hydrogens is 268 g/mol. The third-order valence-corrected chi connectivity index (χ3v) is 3.72. The van der Waals surface area contributed by atoms with Gasteiger partial charge in [0, 0.05) is 12.2 Å². The first-order valence-corrected chi connectivity index (χ1v) is 7.32. The van der Waals surface area contributed by atoms with Crippen LogP contribution in [0.4, 0.5) is 5.69 Å². The number of carboxylic acids is 1. The largest absolute Gasteiger partial charge is 0.480 e. The molecule has 0 fully saturated rings. The van der Waals surface area contributed by atoms with E-state index in [1.165, 1.54) is 0 Å². The average Bonchev–Trinajstić information content (AvgIpc) is 2.45. The molecule has 5 heteroatoms. The Kier molecular flexibility index (Phi) is 4.83. The minimum atomic E-state index is -0.971. The first-order chi connectivity index (χ1) is 9.97. The summed E-state index contributed by atoms with van der Waals surface area (Å²) < 4.78 is 0. The van der Waals surface area contributed by atoms with Gasteiger partial charge in [0.2, 0.25) is 5.91 Å². The molecular formula is C16H22N2O3. The SMILES string of the molecule is CC(C)C[C@@H](NC(=O)C1CNc2ccccc2C1)C(=O)O. The molecule has 0 bridgehead atoms. The van der Waals surface area contributed by atoms with Gasteiger partial charge in [0.05, 0.1) is 5.92 Å². The third-order valence-electron chi connectivity index (χ3n) is 3.72. The van der Waals surface area contributed by atoms with Crippen molar-refractivity contribution in [2.75, 3.05) is 11.9 Å². The number of para-hydroxylation sites is 1. The van der Waals surface area contributed by atoms with Gasteiger partial charge in [0.15, 0.2) is 0 Å². The summed E-state index contributed by atoms with van der Waals surface area (Å²) in [5.74, 6) is -1.17. The summed E-state index contributed by atoms with van der Waals surface area (Å²) in [5.41, 5.74) is 2.15. The number of hydrogen-bond acceptors (Lipinski definition) is 3. The highest BCUT2D eigenvalue weighted by Gasteiger charge is 2.28. The van der Waals surface area contributed by atoms with Crippen LogP contribution in [0.25, 0.3) is 0 Å². The van der Waals surface area contributed by atoms with Gasteiger partial charge < -0.3 is 15.7 Å². The Morgan fingerprint density at radius 1 is 1.38 bits per heavy atom. The highest BCUT2D eigenvalue weighted by atomic mass is 16.4. The number of carbonyl (C=O) groups excluding carboxylic acids is 1. The van der Waals surface area contributed by atoms with Crippen molar-refractivity contribution in [1.29, 1.82) is 0 Å². The molecule has 0 aromatic heterocycles. The van der Waals surface area contributed by atoms with E-state index < -0.39 is 12.0 Å². The van der Waals surface area contributed by atoms with Gasteiger partial charge in [-0.3, -0.25) is 4.79 Å². The molecule has 2 atom stereocenters. The van der Waals surface area contributed by atoms with Gasteiger partial charge in [-0.25, -0.2) is 4.79 Å². The number of fused-ring (bicyclic) bond motifs is 1. The zero-order valence-corrected chi connectivity index (χ0v) is 12.4. The summed E-state index contributed by atoms with van der Waals surface area (Å²) in [7, 11) is 0. The summed E-state index contributed by atoms with van der Waals surface area (Å²) in [4.78, 5) is 23.5. The topological polar surface area (TPSA) is 78.4 Å². The second-order valence-electron chi connectivity index (χ2n) is 5.97. The molecule has 1 amide bonds. The van der Waals surface area contributed by atoms with E-state index in [1.54, 1.807) is 0 Å². The maximum Gasteiger partial charge on any atom is 0.326 e. The molecule has 1 aromatic carbocycles. The Labute approximate surface area is 124 Å². The van der Waals surface area contributed by atoms with Gasteiger partial charge in [0.1, 0.15) is 6.04 Å². The van der Waals surface area contributed by atoms with Gasteiger partial charge in [-0.1, -0.05) is 32.0 Å². The summed E-state index contributed by atoms with van der Waals surface area (Å²) in [6.07, 6.45) is 1.08. The first kappa shape index (κ1) is 15.4. The predicted molar refractivity (Wildman–Crippen MR) is 81.1 cm³/mol. The van der Waals surface area contributed by atoms with Crippen LogP contribution in [0.5, 0.6) is 0 Å². The monoisotopic (exact) mass is 290 g/mol. The maximum absolute atomic E-state index is 12.3. The van der Waals surface area contributed by atoms with Crippen molar-refractivity contribution < 1.29 is 14.7 Å². The van der Waals surface area contributed by atoms with Crippen molar-refractivity contribution >= 4 is 17.6 Å². The number of rotatable bonds is 5. The van der Waals surface area contributed by atoms with Crippen molar-refractivity contribution in [2.24, 2.45) is 11.8 Å². The molecule has 1 aliphatic heterocycles. The number of aliphatic carboxylic acids is 1. The van der Waals surface area contributed by atoms with E-state index in [4.69, 9.17) is 0 Å². The molecule has 1 heterocycles.